The number of benzene rings is 2. The average molecular weight is 340 g/mol. The highest BCUT2D eigenvalue weighted by molar-refractivity contribution is 5.83. The van der Waals surface area contributed by atoms with E-state index in [0.717, 1.165) is 33.8 Å². The van der Waals surface area contributed by atoms with Gasteiger partial charge in [-0.25, -0.2) is 5.43 Å². The summed E-state index contributed by atoms with van der Waals surface area (Å²) in [4.78, 5) is 11.9. The largest absolute Gasteiger partial charge is 0.494 e. The zero-order chi connectivity index (χ0) is 18.2. The van der Waals surface area contributed by atoms with Crippen LogP contribution >= 0.6 is 0 Å². The molecule has 0 heterocycles. The number of ether oxygens (including phenoxy) is 2. The third kappa shape index (κ3) is 5.35. The Morgan fingerprint density at radius 2 is 1.72 bits per heavy atom. The molecule has 2 rings (SSSR count). The van der Waals surface area contributed by atoms with Crippen LogP contribution in [0.15, 0.2) is 41.5 Å². The van der Waals surface area contributed by atoms with Crippen LogP contribution in [0, 0.1) is 20.8 Å². The van der Waals surface area contributed by atoms with Crippen LogP contribution in [0.5, 0.6) is 11.5 Å². The van der Waals surface area contributed by atoms with Gasteiger partial charge in [-0.2, -0.15) is 5.10 Å². The van der Waals surface area contributed by atoms with Crippen molar-refractivity contribution in [1.82, 2.24) is 5.43 Å². The van der Waals surface area contributed by atoms with Crippen LogP contribution in [-0.4, -0.2) is 25.3 Å². The first-order valence-corrected chi connectivity index (χ1v) is 8.25. The third-order valence-electron chi connectivity index (χ3n) is 3.82. The molecule has 0 saturated heterocycles. The molecule has 0 radical (unpaired) electrons. The van der Waals surface area contributed by atoms with Crippen LogP contribution < -0.4 is 14.9 Å². The maximum absolute atomic E-state index is 11.9. The van der Waals surface area contributed by atoms with Crippen molar-refractivity contribution in [2.24, 2.45) is 5.10 Å². The van der Waals surface area contributed by atoms with E-state index < -0.39 is 0 Å². The highest BCUT2D eigenvalue weighted by Crippen LogP contribution is 2.25. The molecule has 2 aromatic carbocycles. The fraction of sp³-hybridized carbons (Fsp3) is 0.300. The van der Waals surface area contributed by atoms with E-state index in [2.05, 4.69) is 10.5 Å². The Balaban J connectivity index is 1.85. The summed E-state index contributed by atoms with van der Waals surface area (Å²) in [6.45, 7) is 8.45. The van der Waals surface area contributed by atoms with Crippen LogP contribution in [-0.2, 0) is 4.79 Å². The van der Waals surface area contributed by atoms with E-state index in [9.17, 15) is 4.79 Å². The van der Waals surface area contributed by atoms with Crippen molar-refractivity contribution in [3.8, 4) is 11.5 Å². The smallest absolute Gasteiger partial charge is 0.277 e. The van der Waals surface area contributed by atoms with Crippen molar-refractivity contribution >= 4 is 12.1 Å². The van der Waals surface area contributed by atoms with Gasteiger partial charge in [0.25, 0.3) is 5.91 Å². The molecule has 0 unspecified atom stereocenters. The summed E-state index contributed by atoms with van der Waals surface area (Å²) in [6.07, 6.45) is 1.58. The topological polar surface area (TPSA) is 59.9 Å². The van der Waals surface area contributed by atoms with Crippen LogP contribution in [0.2, 0.25) is 0 Å². The van der Waals surface area contributed by atoms with Gasteiger partial charge in [0.05, 0.1) is 12.8 Å². The van der Waals surface area contributed by atoms with Crippen LogP contribution in [0.25, 0.3) is 0 Å². The first-order chi connectivity index (χ1) is 12.0. The third-order valence-corrected chi connectivity index (χ3v) is 3.82. The fourth-order valence-corrected chi connectivity index (χ4v) is 2.31. The molecule has 0 aliphatic carbocycles. The van der Waals surface area contributed by atoms with Gasteiger partial charge < -0.3 is 9.47 Å². The van der Waals surface area contributed by atoms with E-state index in [1.807, 2.05) is 64.1 Å². The summed E-state index contributed by atoms with van der Waals surface area (Å²) in [5.74, 6) is 1.26. The second-order valence-corrected chi connectivity index (χ2v) is 5.74. The lowest BCUT2D eigenvalue weighted by Crippen LogP contribution is -2.25. The number of carbonyl (C=O) groups is 1. The first-order valence-electron chi connectivity index (χ1n) is 8.25. The molecule has 0 spiro atoms. The van der Waals surface area contributed by atoms with Gasteiger partial charge in [0.1, 0.15) is 11.5 Å². The second-order valence-electron chi connectivity index (χ2n) is 5.74. The summed E-state index contributed by atoms with van der Waals surface area (Å²) in [5, 5.41) is 3.95. The van der Waals surface area contributed by atoms with Gasteiger partial charge in [-0.3, -0.25) is 4.79 Å². The average Bonchev–Trinajstić information content (AvgIpc) is 2.60. The fourth-order valence-electron chi connectivity index (χ4n) is 2.31. The number of carbonyl (C=O) groups excluding carboxylic acids is 1. The normalized spacial score (nSPS) is 10.7. The van der Waals surface area contributed by atoms with E-state index >= 15 is 0 Å². The number of hydrogen-bond acceptors (Lipinski definition) is 4. The van der Waals surface area contributed by atoms with Crippen LogP contribution in [0.1, 0.15) is 29.2 Å². The Labute approximate surface area is 148 Å². The molecule has 0 atom stereocenters. The zero-order valence-electron chi connectivity index (χ0n) is 15.1. The molecule has 0 bridgehead atoms. The van der Waals surface area contributed by atoms with E-state index in [1.165, 1.54) is 0 Å². The number of hydrogen-bond donors (Lipinski definition) is 1. The molecule has 132 valence electrons. The van der Waals surface area contributed by atoms with Crippen molar-refractivity contribution in [3.05, 3.63) is 58.7 Å². The highest BCUT2D eigenvalue weighted by atomic mass is 16.5. The first kappa shape index (κ1) is 18.5. The van der Waals surface area contributed by atoms with Gasteiger partial charge in [-0.15, -0.1) is 0 Å². The lowest BCUT2D eigenvalue weighted by molar-refractivity contribution is -0.123. The molecular weight excluding hydrogens is 316 g/mol. The molecular formula is C20H24N2O3. The number of aryl methyl sites for hydroxylation is 2. The molecule has 2 aromatic rings. The lowest BCUT2D eigenvalue weighted by atomic mass is 10.1. The molecule has 0 saturated carbocycles. The molecule has 5 nitrogen and oxygen atoms in total. The second kappa shape index (κ2) is 8.87. The number of amides is 1. The quantitative estimate of drug-likeness (QED) is 0.619. The highest BCUT2D eigenvalue weighted by Gasteiger charge is 2.08. The van der Waals surface area contributed by atoms with E-state index in [1.54, 1.807) is 6.21 Å². The van der Waals surface area contributed by atoms with Crippen molar-refractivity contribution in [3.63, 3.8) is 0 Å². The number of rotatable bonds is 7. The summed E-state index contributed by atoms with van der Waals surface area (Å²) >= 11 is 0. The van der Waals surface area contributed by atoms with Crippen LogP contribution in [0.3, 0.4) is 0 Å². The van der Waals surface area contributed by atoms with Gasteiger partial charge in [-0.1, -0.05) is 12.1 Å². The van der Waals surface area contributed by atoms with E-state index in [-0.39, 0.29) is 12.5 Å². The Bertz CT molecular complexity index is 752. The van der Waals surface area contributed by atoms with Gasteiger partial charge in [0, 0.05) is 0 Å². The lowest BCUT2D eigenvalue weighted by Gasteiger charge is -2.13. The van der Waals surface area contributed by atoms with Crippen molar-refractivity contribution in [2.45, 2.75) is 27.7 Å². The van der Waals surface area contributed by atoms with Gasteiger partial charge in [-0.05, 0) is 74.2 Å². The summed E-state index contributed by atoms with van der Waals surface area (Å²) < 4.78 is 11.0. The summed E-state index contributed by atoms with van der Waals surface area (Å²) in [6, 6.07) is 11.5. The van der Waals surface area contributed by atoms with Crippen molar-refractivity contribution in [2.75, 3.05) is 13.2 Å². The number of nitrogens with one attached hydrogen (secondary N) is 1. The summed E-state index contributed by atoms with van der Waals surface area (Å²) in [5.41, 5.74) is 6.53. The zero-order valence-corrected chi connectivity index (χ0v) is 15.1. The standard InChI is InChI=1S/C20H24N2O3/c1-5-24-18-10-8-17(9-11-18)12-21-22-19(23)13-25-20-15(3)7-6-14(2)16(20)4/h6-12H,5,13H2,1-4H3,(H,22,23). The predicted molar refractivity (Wildman–Crippen MR) is 99.5 cm³/mol. The maximum Gasteiger partial charge on any atom is 0.277 e. The monoisotopic (exact) mass is 340 g/mol. The molecule has 1 N–H and O–H groups in total. The Kier molecular flexibility index (Phi) is 6.57. The number of nitrogens with zero attached hydrogens (tertiary/aromatic N) is 1. The Morgan fingerprint density at radius 1 is 1.04 bits per heavy atom. The van der Waals surface area contributed by atoms with Gasteiger partial charge in [0.15, 0.2) is 6.61 Å². The number of hydrazone groups is 1. The minimum absolute atomic E-state index is 0.0776. The molecule has 1 amide bonds. The SMILES string of the molecule is CCOc1ccc(C=NNC(=O)COc2c(C)ccc(C)c2C)cc1. The van der Waals surface area contributed by atoms with E-state index in [4.69, 9.17) is 9.47 Å². The van der Waals surface area contributed by atoms with Crippen molar-refractivity contribution < 1.29 is 14.3 Å². The van der Waals surface area contributed by atoms with Gasteiger partial charge >= 0.3 is 0 Å². The molecule has 0 aliphatic heterocycles. The minimum atomic E-state index is -0.303. The predicted octanol–water partition coefficient (Wildman–Crippen LogP) is 3.54. The minimum Gasteiger partial charge on any atom is -0.494 e. The molecule has 0 fully saturated rings. The Hall–Kier alpha value is -2.82. The molecule has 0 aliphatic rings. The Morgan fingerprint density at radius 3 is 2.40 bits per heavy atom. The molecule has 25 heavy (non-hydrogen) atoms. The van der Waals surface area contributed by atoms with Gasteiger partial charge in [0.2, 0.25) is 0 Å². The van der Waals surface area contributed by atoms with E-state index in [0.29, 0.717) is 6.61 Å². The summed E-state index contributed by atoms with van der Waals surface area (Å²) in [7, 11) is 0. The molecule has 5 heteroatoms. The van der Waals surface area contributed by atoms with Crippen molar-refractivity contribution in [1.29, 1.82) is 0 Å². The maximum atomic E-state index is 11.9. The van der Waals surface area contributed by atoms with Crippen LogP contribution in [0.4, 0.5) is 0 Å². The molecule has 0 aromatic heterocycles.